The monoisotopic (exact) mass is 170 g/mol. The minimum Gasteiger partial charge on any atom is -0.480 e. The fourth-order valence-electron chi connectivity index (χ4n) is 0.205. The highest BCUT2D eigenvalue weighted by atomic mass is 35.5. The van der Waals surface area contributed by atoms with Crippen LogP contribution in [0.5, 0.6) is 0 Å². The van der Waals surface area contributed by atoms with Crippen LogP contribution >= 0.6 is 23.2 Å². The zero-order chi connectivity index (χ0) is 7.44. The van der Waals surface area contributed by atoms with E-state index in [0.717, 1.165) is 0 Å². The Balaban J connectivity index is 3.86. The molecule has 0 bridgehead atoms. The van der Waals surface area contributed by atoms with Crippen LogP contribution < -0.4 is 0 Å². The van der Waals surface area contributed by atoms with Crippen LogP contribution in [0.1, 0.15) is 0 Å². The van der Waals surface area contributed by atoms with Gasteiger partial charge in [-0.3, -0.25) is 4.79 Å². The second-order valence-corrected chi connectivity index (χ2v) is 2.29. The Labute approximate surface area is 61.6 Å². The predicted octanol–water partition coefficient (Wildman–Crippen LogP) is 0.485. The maximum absolute atomic E-state index is 9.92. The van der Waals surface area contributed by atoms with E-state index in [9.17, 15) is 9.59 Å². The van der Waals surface area contributed by atoms with Gasteiger partial charge in [-0.2, -0.15) is 0 Å². The first kappa shape index (κ1) is 8.72. The SMILES string of the molecule is O=CC(Cl)C(Cl)C(=O)O. The largest absolute Gasteiger partial charge is 0.480 e. The molecule has 0 saturated carbocycles. The number of carbonyl (C=O) groups excluding carboxylic acids is 1. The number of halogens is 2. The summed E-state index contributed by atoms with van der Waals surface area (Å²) < 4.78 is 0. The van der Waals surface area contributed by atoms with Crippen LogP contribution in [-0.4, -0.2) is 28.1 Å². The molecule has 0 aromatic heterocycles. The molecule has 0 spiro atoms. The van der Waals surface area contributed by atoms with Crippen molar-refractivity contribution in [3.8, 4) is 0 Å². The fourth-order valence-corrected chi connectivity index (χ4v) is 0.372. The number of carboxylic acids is 1. The maximum atomic E-state index is 9.92. The first-order valence-electron chi connectivity index (χ1n) is 2.06. The molecule has 52 valence electrons. The van der Waals surface area contributed by atoms with Crippen molar-refractivity contribution in [2.45, 2.75) is 10.8 Å². The molecule has 2 atom stereocenters. The zero-order valence-electron chi connectivity index (χ0n) is 4.25. The number of carboxylic acid groups (broad SMARTS) is 1. The molecule has 3 nitrogen and oxygen atoms in total. The van der Waals surface area contributed by atoms with Gasteiger partial charge in [0, 0.05) is 0 Å². The normalized spacial score (nSPS) is 16.2. The summed E-state index contributed by atoms with van der Waals surface area (Å²) in [5, 5.41) is 5.63. The summed E-state index contributed by atoms with van der Waals surface area (Å²) in [5.41, 5.74) is 0. The van der Waals surface area contributed by atoms with Gasteiger partial charge in [-0.1, -0.05) is 0 Å². The Kier molecular flexibility index (Phi) is 3.58. The zero-order valence-corrected chi connectivity index (χ0v) is 5.76. The average Bonchev–Trinajstić information content (AvgIpc) is 1.84. The van der Waals surface area contributed by atoms with Crippen molar-refractivity contribution in [1.82, 2.24) is 0 Å². The van der Waals surface area contributed by atoms with Crippen LogP contribution in [0, 0.1) is 0 Å². The molecule has 0 heterocycles. The van der Waals surface area contributed by atoms with E-state index in [4.69, 9.17) is 28.3 Å². The third-order valence-corrected chi connectivity index (χ3v) is 1.59. The summed E-state index contributed by atoms with van der Waals surface area (Å²) in [6, 6.07) is 0. The summed E-state index contributed by atoms with van der Waals surface area (Å²) in [5.74, 6) is -1.29. The van der Waals surface area contributed by atoms with Gasteiger partial charge >= 0.3 is 5.97 Å². The van der Waals surface area contributed by atoms with Gasteiger partial charge in [0.1, 0.15) is 11.7 Å². The highest BCUT2D eigenvalue weighted by molar-refractivity contribution is 6.40. The lowest BCUT2D eigenvalue weighted by molar-refractivity contribution is -0.137. The van der Waals surface area contributed by atoms with E-state index >= 15 is 0 Å². The van der Waals surface area contributed by atoms with Gasteiger partial charge in [0.15, 0.2) is 5.38 Å². The molecule has 0 radical (unpaired) electrons. The van der Waals surface area contributed by atoms with Gasteiger partial charge in [0.2, 0.25) is 0 Å². The van der Waals surface area contributed by atoms with E-state index < -0.39 is 16.7 Å². The molecule has 0 aromatic carbocycles. The van der Waals surface area contributed by atoms with Gasteiger partial charge in [0.25, 0.3) is 0 Å². The van der Waals surface area contributed by atoms with Crippen LogP contribution in [0.25, 0.3) is 0 Å². The molecule has 0 aromatic rings. The number of hydrogen-bond donors (Lipinski definition) is 1. The van der Waals surface area contributed by atoms with Crippen LogP contribution in [0.2, 0.25) is 0 Å². The van der Waals surface area contributed by atoms with Crippen LogP contribution in [0.4, 0.5) is 0 Å². The molecule has 0 amide bonds. The summed E-state index contributed by atoms with van der Waals surface area (Å²) in [6.45, 7) is 0. The van der Waals surface area contributed by atoms with E-state index in [0.29, 0.717) is 0 Å². The predicted molar refractivity (Wildman–Crippen MR) is 33.0 cm³/mol. The molecule has 1 N–H and O–H groups in total. The number of aldehydes is 1. The van der Waals surface area contributed by atoms with Crippen molar-refractivity contribution in [2.75, 3.05) is 0 Å². The van der Waals surface area contributed by atoms with Crippen LogP contribution in [-0.2, 0) is 9.59 Å². The van der Waals surface area contributed by atoms with Gasteiger partial charge in [-0.05, 0) is 0 Å². The average molecular weight is 171 g/mol. The van der Waals surface area contributed by atoms with E-state index in [-0.39, 0.29) is 6.29 Å². The molecule has 0 rings (SSSR count). The first-order valence-corrected chi connectivity index (χ1v) is 2.93. The Morgan fingerprint density at radius 1 is 1.56 bits per heavy atom. The van der Waals surface area contributed by atoms with Crippen molar-refractivity contribution in [1.29, 1.82) is 0 Å². The van der Waals surface area contributed by atoms with Crippen LogP contribution in [0.15, 0.2) is 0 Å². The van der Waals surface area contributed by atoms with Crippen molar-refractivity contribution in [3.05, 3.63) is 0 Å². The van der Waals surface area contributed by atoms with Gasteiger partial charge < -0.3 is 9.90 Å². The van der Waals surface area contributed by atoms with E-state index in [1.165, 1.54) is 0 Å². The lowest BCUT2D eigenvalue weighted by atomic mass is 10.3. The Morgan fingerprint density at radius 3 is 2.11 bits per heavy atom. The molecule has 0 fully saturated rings. The molecular weight excluding hydrogens is 167 g/mol. The molecule has 0 saturated heterocycles. The van der Waals surface area contributed by atoms with Gasteiger partial charge in [-0.15, -0.1) is 23.2 Å². The Hall–Kier alpha value is -0.280. The van der Waals surface area contributed by atoms with Crippen molar-refractivity contribution in [2.24, 2.45) is 0 Å². The molecule has 0 aliphatic heterocycles. The second-order valence-electron chi connectivity index (χ2n) is 1.32. The molecule has 0 aliphatic carbocycles. The van der Waals surface area contributed by atoms with Gasteiger partial charge in [0.05, 0.1) is 0 Å². The number of alkyl halides is 2. The van der Waals surface area contributed by atoms with E-state index in [1.54, 1.807) is 0 Å². The summed E-state index contributed by atoms with van der Waals surface area (Å²) in [4.78, 5) is 19.7. The van der Waals surface area contributed by atoms with Gasteiger partial charge in [-0.25, -0.2) is 0 Å². The highest BCUT2D eigenvalue weighted by Gasteiger charge is 2.22. The van der Waals surface area contributed by atoms with Crippen molar-refractivity contribution in [3.63, 3.8) is 0 Å². The Bertz CT molecular complexity index is 125. The van der Waals surface area contributed by atoms with Crippen molar-refractivity contribution < 1.29 is 14.7 Å². The van der Waals surface area contributed by atoms with Crippen molar-refractivity contribution >= 4 is 35.5 Å². The number of rotatable bonds is 3. The molecule has 2 unspecified atom stereocenters. The smallest absolute Gasteiger partial charge is 0.323 e. The topological polar surface area (TPSA) is 54.4 Å². The third-order valence-electron chi connectivity index (χ3n) is 0.645. The van der Waals surface area contributed by atoms with Crippen LogP contribution in [0.3, 0.4) is 0 Å². The van der Waals surface area contributed by atoms with E-state index in [1.807, 2.05) is 0 Å². The lowest BCUT2D eigenvalue weighted by Crippen LogP contribution is -2.25. The summed E-state index contributed by atoms with van der Waals surface area (Å²) in [6.07, 6.45) is 0.285. The molecule has 9 heavy (non-hydrogen) atoms. The minimum absolute atomic E-state index is 0.285. The first-order chi connectivity index (χ1) is 4.09. The minimum atomic E-state index is -1.33. The Morgan fingerprint density at radius 2 is 2.00 bits per heavy atom. The highest BCUT2D eigenvalue weighted by Crippen LogP contribution is 2.06. The summed E-state index contributed by atoms with van der Waals surface area (Å²) >= 11 is 10.2. The summed E-state index contributed by atoms with van der Waals surface area (Å²) in [7, 11) is 0. The lowest BCUT2D eigenvalue weighted by Gasteiger charge is -2.02. The molecular formula is C4H4Cl2O3. The number of carbonyl (C=O) groups is 2. The fraction of sp³-hybridized carbons (Fsp3) is 0.500. The quantitative estimate of drug-likeness (QED) is 0.496. The second kappa shape index (κ2) is 3.69. The standard InChI is InChI=1S/C4H4Cl2O3/c5-2(1-7)3(6)4(8)9/h1-3H,(H,8,9). The maximum Gasteiger partial charge on any atom is 0.323 e. The third kappa shape index (κ3) is 2.67. The number of aliphatic carboxylic acids is 1. The molecule has 5 heteroatoms. The molecule has 0 aliphatic rings. The van der Waals surface area contributed by atoms with E-state index in [2.05, 4.69) is 0 Å². The number of hydrogen-bond acceptors (Lipinski definition) is 2.